The van der Waals surface area contributed by atoms with Crippen molar-refractivity contribution in [3.05, 3.63) is 47.4 Å². The highest BCUT2D eigenvalue weighted by molar-refractivity contribution is 6.28. The zero-order valence-corrected chi connectivity index (χ0v) is 10.5. The number of nitrogens with zero attached hydrogens (tertiary/aromatic N) is 2. The van der Waals surface area contributed by atoms with Gasteiger partial charge in [-0.1, -0.05) is 32.0 Å². The van der Waals surface area contributed by atoms with Crippen molar-refractivity contribution in [3.63, 3.8) is 0 Å². The van der Waals surface area contributed by atoms with Gasteiger partial charge in [-0.3, -0.25) is 0 Å². The number of aromatic nitrogens is 2. The van der Waals surface area contributed by atoms with Crippen LogP contribution in [0.25, 0.3) is 0 Å². The predicted octanol–water partition coefficient (Wildman–Crippen LogP) is 4.05. The third-order valence-corrected chi connectivity index (χ3v) is 2.54. The molecule has 0 radical (unpaired) electrons. The van der Waals surface area contributed by atoms with Crippen molar-refractivity contribution in [3.8, 4) is 11.6 Å². The molecule has 0 N–H and O–H groups in total. The lowest BCUT2D eigenvalue weighted by Crippen LogP contribution is -1.95. The normalized spacial score (nSPS) is 10.6. The molecular weight excluding hydrogens is 236 g/mol. The summed E-state index contributed by atoms with van der Waals surface area (Å²) in [6.45, 7) is 4.24. The van der Waals surface area contributed by atoms with Crippen LogP contribution in [0.15, 0.2) is 36.5 Å². The Kier molecular flexibility index (Phi) is 3.59. The first kappa shape index (κ1) is 11.9. The third kappa shape index (κ3) is 2.94. The van der Waals surface area contributed by atoms with Crippen molar-refractivity contribution in [1.82, 2.24) is 9.97 Å². The van der Waals surface area contributed by atoms with Gasteiger partial charge in [-0.05, 0) is 29.1 Å². The van der Waals surface area contributed by atoms with Crippen LogP contribution in [0.3, 0.4) is 0 Å². The first-order chi connectivity index (χ1) is 8.16. The quantitative estimate of drug-likeness (QED) is 0.769. The maximum absolute atomic E-state index is 5.72. The zero-order valence-electron chi connectivity index (χ0n) is 9.72. The molecule has 0 aliphatic carbocycles. The molecule has 0 unspecified atom stereocenters. The summed E-state index contributed by atoms with van der Waals surface area (Å²) < 4.78 is 5.72. The van der Waals surface area contributed by atoms with Crippen molar-refractivity contribution in [2.75, 3.05) is 0 Å². The standard InChI is InChI=1S/C13H13ClN2O/c1-9(2)10-5-3-4-6-11(10)17-12-7-8-15-13(14)16-12/h3-9H,1-2H3. The number of hydrogen-bond donors (Lipinski definition) is 0. The van der Waals surface area contributed by atoms with E-state index < -0.39 is 0 Å². The van der Waals surface area contributed by atoms with Gasteiger partial charge in [-0.2, -0.15) is 4.98 Å². The number of ether oxygens (including phenoxy) is 1. The molecule has 0 amide bonds. The number of rotatable bonds is 3. The first-order valence-electron chi connectivity index (χ1n) is 5.42. The molecule has 0 saturated heterocycles. The van der Waals surface area contributed by atoms with Crippen molar-refractivity contribution in [2.24, 2.45) is 0 Å². The highest BCUT2D eigenvalue weighted by atomic mass is 35.5. The Labute approximate surface area is 105 Å². The van der Waals surface area contributed by atoms with Crippen LogP contribution < -0.4 is 4.74 Å². The molecule has 0 fully saturated rings. The number of halogens is 1. The van der Waals surface area contributed by atoms with Crippen LogP contribution in [0.2, 0.25) is 5.28 Å². The molecule has 17 heavy (non-hydrogen) atoms. The summed E-state index contributed by atoms with van der Waals surface area (Å²) in [5.74, 6) is 1.65. The van der Waals surface area contributed by atoms with E-state index in [1.807, 2.05) is 24.3 Å². The van der Waals surface area contributed by atoms with Gasteiger partial charge < -0.3 is 4.74 Å². The van der Waals surface area contributed by atoms with E-state index >= 15 is 0 Å². The van der Waals surface area contributed by atoms with Gasteiger partial charge in [0.2, 0.25) is 11.2 Å². The fourth-order valence-corrected chi connectivity index (χ4v) is 1.68. The molecule has 4 heteroatoms. The van der Waals surface area contributed by atoms with Gasteiger partial charge in [0.1, 0.15) is 5.75 Å². The fourth-order valence-electron chi connectivity index (χ4n) is 1.54. The third-order valence-electron chi connectivity index (χ3n) is 2.36. The molecule has 0 bridgehead atoms. The van der Waals surface area contributed by atoms with Crippen LogP contribution in [0, 0.1) is 0 Å². The average Bonchev–Trinajstić information content (AvgIpc) is 2.29. The Morgan fingerprint density at radius 1 is 1.18 bits per heavy atom. The zero-order chi connectivity index (χ0) is 12.3. The van der Waals surface area contributed by atoms with E-state index in [1.165, 1.54) is 0 Å². The van der Waals surface area contributed by atoms with Gasteiger partial charge in [0, 0.05) is 12.3 Å². The molecule has 88 valence electrons. The van der Waals surface area contributed by atoms with Crippen molar-refractivity contribution < 1.29 is 4.74 Å². The molecule has 2 aromatic rings. The first-order valence-corrected chi connectivity index (χ1v) is 5.80. The van der Waals surface area contributed by atoms with Crippen LogP contribution in [0.5, 0.6) is 11.6 Å². The highest BCUT2D eigenvalue weighted by Gasteiger charge is 2.08. The molecule has 0 aliphatic heterocycles. The van der Waals surface area contributed by atoms with Gasteiger partial charge in [0.15, 0.2) is 0 Å². The molecule has 1 heterocycles. The van der Waals surface area contributed by atoms with Crippen LogP contribution in [-0.2, 0) is 0 Å². The molecule has 0 saturated carbocycles. The highest BCUT2D eigenvalue weighted by Crippen LogP contribution is 2.29. The second-order valence-electron chi connectivity index (χ2n) is 3.96. The Balaban J connectivity index is 2.30. The Bertz CT molecular complexity index is 514. The second-order valence-corrected chi connectivity index (χ2v) is 4.30. The molecule has 0 atom stereocenters. The van der Waals surface area contributed by atoms with Gasteiger partial charge >= 0.3 is 0 Å². The minimum absolute atomic E-state index is 0.185. The molecule has 1 aromatic heterocycles. The molecule has 3 nitrogen and oxygen atoms in total. The van der Waals surface area contributed by atoms with Crippen LogP contribution in [-0.4, -0.2) is 9.97 Å². The average molecular weight is 249 g/mol. The predicted molar refractivity (Wildman–Crippen MR) is 67.6 cm³/mol. The number of para-hydroxylation sites is 1. The summed E-state index contributed by atoms with van der Waals surface area (Å²) >= 11 is 5.71. The smallest absolute Gasteiger partial charge is 0.225 e. The minimum Gasteiger partial charge on any atom is -0.439 e. The summed E-state index contributed by atoms with van der Waals surface area (Å²) in [6.07, 6.45) is 1.57. The Morgan fingerprint density at radius 3 is 2.65 bits per heavy atom. The minimum atomic E-state index is 0.185. The number of hydrogen-bond acceptors (Lipinski definition) is 3. The van der Waals surface area contributed by atoms with Crippen molar-refractivity contribution >= 4 is 11.6 Å². The summed E-state index contributed by atoms with van der Waals surface area (Å²) in [4.78, 5) is 7.81. The van der Waals surface area contributed by atoms with E-state index in [0.717, 1.165) is 11.3 Å². The van der Waals surface area contributed by atoms with Crippen LogP contribution in [0.4, 0.5) is 0 Å². The largest absolute Gasteiger partial charge is 0.439 e. The van der Waals surface area contributed by atoms with Gasteiger partial charge in [-0.25, -0.2) is 4.98 Å². The topological polar surface area (TPSA) is 35.0 Å². The molecule has 0 spiro atoms. The summed E-state index contributed by atoms with van der Waals surface area (Å²) in [5.41, 5.74) is 1.14. The maximum Gasteiger partial charge on any atom is 0.225 e. The van der Waals surface area contributed by atoms with Crippen LogP contribution in [0.1, 0.15) is 25.3 Å². The monoisotopic (exact) mass is 248 g/mol. The van der Waals surface area contributed by atoms with Crippen molar-refractivity contribution in [1.29, 1.82) is 0 Å². The van der Waals surface area contributed by atoms with E-state index in [2.05, 4.69) is 23.8 Å². The van der Waals surface area contributed by atoms with E-state index in [-0.39, 0.29) is 5.28 Å². The summed E-state index contributed by atoms with van der Waals surface area (Å²) in [5, 5.41) is 0.185. The number of benzene rings is 1. The van der Waals surface area contributed by atoms with E-state index in [4.69, 9.17) is 16.3 Å². The lowest BCUT2D eigenvalue weighted by Gasteiger charge is -2.12. The fraction of sp³-hybridized carbons (Fsp3) is 0.231. The Morgan fingerprint density at radius 2 is 1.94 bits per heavy atom. The lowest BCUT2D eigenvalue weighted by molar-refractivity contribution is 0.453. The van der Waals surface area contributed by atoms with Crippen molar-refractivity contribution in [2.45, 2.75) is 19.8 Å². The molecular formula is C13H13ClN2O. The van der Waals surface area contributed by atoms with E-state index in [9.17, 15) is 0 Å². The van der Waals surface area contributed by atoms with E-state index in [1.54, 1.807) is 12.3 Å². The molecule has 2 rings (SSSR count). The van der Waals surface area contributed by atoms with Gasteiger partial charge in [0.05, 0.1) is 0 Å². The lowest BCUT2D eigenvalue weighted by atomic mass is 10.0. The Hall–Kier alpha value is -1.61. The molecule has 0 aliphatic rings. The molecule has 1 aromatic carbocycles. The summed E-state index contributed by atoms with van der Waals surface area (Å²) in [6, 6.07) is 9.58. The summed E-state index contributed by atoms with van der Waals surface area (Å²) in [7, 11) is 0. The van der Waals surface area contributed by atoms with E-state index in [0.29, 0.717) is 11.8 Å². The second kappa shape index (κ2) is 5.15. The van der Waals surface area contributed by atoms with Crippen LogP contribution >= 0.6 is 11.6 Å². The van der Waals surface area contributed by atoms with Gasteiger partial charge in [-0.15, -0.1) is 0 Å². The maximum atomic E-state index is 5.72. The SMILES string of the molecule is CC(C)c1ccccc1Oc1ccnc(Cl)n1. The van der Waals surface area contributed by atoms with Gasteiger partial charge in [0.25, 0.3) is 0 Å².